The minimum Gasteiger partial charge on any atom is -0.295 e. The Morgan fingerprint density at radius 1 is 1.19 bits per heavy atom. The van der Waals surface area contributed by atoms with E-state index in [2.05, 4.69) is 17.6 Å². The maximum absolute atomic E-state index is 11.7. The van der Waals surface area contributed by atoms with Gasteiger partial charge in [0.05, 0.1) is 12.1 Å². The van der Waals surface area contributed by atoms with E-state index < -0.39 is 5.54 Å². The molecule has 2 N–H and O–H groups in total. The first kappa shape index (κ1) is 13.2. The van der Waals surface area contributed by atoms with Crippen LogP contribution in [0.5, 0.6) is 0 Å². The summed E-state index contributed by atoms with van der Waals surface area (Å²) in [6.07, 6.45) is 6.71. The van der Waals surface area contributed by atoms with Crippen molar-refractivity contribution in [1.29, 1.82) is 0 Å². The maximum Gasteiger partial charge on any atom is 0.246 e. The van der Waals surface area contributed by atoms with E-state index in [-0.39, 0.29) is 18.4 Å². The van der Waals surface area contributed by atoms with Crippen molar-refractivity contribution in [2.45, 2.75) is 57.9 Å². The maximum atomic E-state index is 11.7. The summed E-state index contributed by atoms with van der Waals surface area (Å²) in [4.78, 5) is 22.6. The van der Waals surface area contributed by atoms with Crippen LogP contribution in [0, 0.1) is 0 Å². The minimum atomic E-state index is -0.555. The molecule has 0 aliphatic carbocycles. The van der Waals surface area contributed by atoms with E-state index in [0.717, 1.165) is 19.3 Å². The molecule has 4 heteroatoms. The first-order valence-corrected chi connectivity index (χ1v) is 6.18. The summed E-state index contributed by atoms with van der Waals surface area (Å²) >= 11 is 0. The smallest absolute Gasteiger partial charge is 0.246 e. The molecule has 0 spiro atoms. The molecule has 1 aliphatic rings. The number of piperazine rings is 1. The molecule has 0 saturated carbocycles. The molecule has 1 rings (SSSR count). The van der Waals surface area contributed by atoms with Crippen molar-refractivity contribution < 1.29 is 9.59 Å². The van der Waals surface area contributed by atoms with E-state index in [4.69, 9.17) is 0 Å². The molecule has 1 aliphatic heterocycles. The number of unbranched alkanes of at least 4 members (excludes halogenated alkanes) is 4. The fourth-order valence-corrected chi connectivity index (χ4v) is 1.95. The molecular formula is C12H22N2O2. The Morgan fingerprint density at radius 3 is 2.50 bits per heavy atom. The van der Waals surface area contributed by atoms with Crippen LogP contribution in [0.15, 0.2) is 0 Å². The van der Waals surface area contributed by atoms with E-state index in [9.17, 15) is 9.59 Å². The molecule has 92 valence electrons. The second-order valence-electron chi connectivity index (χ2n) is 4.73. The highest BCUT2D eigenvalue weighted by molar-refractivity contribution is 6.03. The Balaban J connectivity index is 2.28. The lowest BCUT2D eigenvalue weighted by Gasteiger charge is -2.32. The zero-order valence-electron chi connectivity index (χ0n) is 10.3. The number of rotatable bonds is 6. The third-order valence-corrected chi connectivity index (χ3v) is 3.17. The van der Waals surface area contributed by atoms with Gasteiger partial charge >= 0.3 is 0 Å². The summed E-state index contributed by atoms with van der Waals surface area (Å²) in [5.41, 5.74) is -0.555. The summed E-state index contributed by atoms with van der Waals surface area (Å²) < 4.78 is 0. The number of hydrogen-bond donors (Lipinski definition) is 2. The van der Waals surface area contributed by atoms with Gasteiger partial charge in [0, 0.05) is 0 Å². The molecule has 0 aromatic heterocycles. The van der Waals surface area contributed by atoms with Crippen molar-refractivity contribution in [3.8, 4) is 0 Å². The van der Waals surface area contributed by atoms with Crippen LogP contribution in [-0.4, -0.2) is 23.9 Å². The van der Waals surface area contributed by atoms with Gasteiger partial charge in [-0.25, -0.2) is 0 Å². The summed E-state index contributed by atoms with van der Waals surface area (Å²) in [6, 6.07) is 0. The van der Waals surface area contributed by atoms with Gasteiger partial charge in [-0.05, 0) is 13.3 Å². The van der Waals surface area contributed by atoms with E-state index in [1.807, 2.05) is 6.92 Å². The summed E-state index contributed by atoms with van der Waals surface area (Å²) in [5, 5.41) is 5.41. The SMILES string of the molecule is CCCCCCCC1(C)NCC(=O)NC1=O. The molecule has 2 amide bonds. The van der Waals surface area contributed by atoms with Crippen LogP contribution in [0.4, 0.5) is 0 Å². The Kier molecular flexibility index (Phi) is 4.93. The lowest BCUT2D eigenvalue weighted by molar-refractivity contribution is -0.137. The van der Waals surface area contributed by atoms with Crippen LogP contribution in [0.3, 0.4) is 0 Å². The standard InChI is InChI=1S/C12H22N2O2/c1-3-4-5-6-7-8-12(2)11(16)14-10(15)9-13-12/h13H,3-9H2,1-2H3,(H,14,15,16). The van der Waals surface area contributed by atoms with Crippen molar-refractivity contribution in [2.24, 2.45) is 0 Å². The Labute approximate surface area is 97.2 Å². The van der Waals surface area contributed by atoms with Gasteiger partial charge < -0.3 is 0 Å². The fraction of sp³-hybridized carbons (Fsp3) is 0.833. The van der Waals surface area contributed by atoms with Crippen LogP contribution in [0.25, 0.3) is 0 Å². The van der Waals surface area contributed by atoms with Crippen LogP contribution >= 0.6 is 0 Å². The van der Waals surface area contributed by atoms with Crippen molar-refractivity contribution in [3.63, 3.8) is 0 Å². The van der Waals surface area contributed by atoms with Gasteiger partial charge in [0.25, 0.3) is 0 Å². The van der Waals surface area contributed by atoms with Gasteiger partial charge in [0.15, 0.2) is 0 Å². The van der Waals surface area contributed by atoms with E-state index >= 15 is 0 Å². The van der Waals surface area contributed by atoms with Crippen molar-refractivity contribution in [1.82, 2.24) is 10.6 Å². The number of amides is 2. The molecule has 1 saturated heterocycles. The van der Waals surface area contributed by atoms with Crippen molar-refractivity contribution in [3.05, 3.63) is 0 Å². The predicted octanol–water partition coefficient (Wildman–Crippen LogP) is 1.35. The predicted molar refractivity (Wildman–Crippen MR) is 62.9 cm³/mol. The average Bonchev–Trinajstić information content (AvgIpc) is 2.24. The first-order chi connectivity index (χ1) is 7.58. The molecule has 0 radical (unpaired) electrons. The number of hydrogen-bond acceptors (Lipinski definition) is 3. The number of nitrogens with one attached hydrogen (secondary N) is 2. The van der Waals surface area contributed by atoms with Gasteiger partial charge in [-0.15, -0.1) is 0 Å². The third-order valence-electron chi connectivity index (χ3n) is 3.17. The third kappa shape index (κ3) is 3.59. The van der Waals surface area contributed by atoms with Gasteiger partial charge in [-0.3, -0.25) is 20.2 Å². The van der Waals surface area contributed by atoms with Gasteiger partial charge in [0.1, 0.15) is 0 Å². The second-order valence-corrected chi connectivity index (χ2v) is 4.73. The summed E-state index contributed by atoms with van der Waals surface area (Å²) in [7, 11) is 0. The number of carbonyl (C=O) groups is 2. The average molecular weight is 226 g/mol. The number of imide groups is 1. The highest BCUT2D eigenvalue weighted by Crippen LogP contribution is 2.17. The Hall–Kier alpha value is -0.900. The molecule has 1 heterocycles. The van der Waals surface area contributed by atoms with Gasteiger partial charge in [-0.2, -0.15) is 0 Å². The largest absolute Gasteiger partial charge is 0.295 e. The number of carbonyl (C=O) groups excluding carboxylic acids is 2. The quantitative estimate of drug-likeness (QED) is 0.531. The molecule has 1 atom stereocenters. The summed E-state index contributed by atoms with van der Waals surface area (Å²) in [5.74, 6) is -0.410. The molecule has 1 unspecified atom stereocenters. The van der Waals surface area contributed by atoms with Gasteiger partial charge in [-0.1, -0.05) is 39.0 Å². The van der Waals surface area contributed by atoms with E-state index in [0.29, 0.717) is 0 Å². The molecule has 0 aromatic rings. The molecular weight excluding hydrogens is 204 g/mol. The Bertz CT molecular complexity index is 266. The normalized spacial score (nSPS) is 25.6. The summed E-state index contributed by atoms with van der Waals surface area (Å²) in [6.45, 7) is 4.30. The second kappa shape index (κ2) is 5.99. The molecule has 0 aromatic carbocycles. The molecule has 4 nitrogen and oxygen atoms in total. The highest BCUT2D eigenvalue weighted by Gasteiger charge is 2.37. The molecule has 1 fully saturated rings. The highest BCUT2D eigenvalue weighted by atomic mass is 16.2. The van der Waals surface area contributed by atoms with E-state index in [1.54, 1.807) is 0 Å². The zero-order chi connectivity index (χ0) is 12.0. The van der Waals surface area contributed by atoms with E-state index in [1.165, 1.54) is 19.3 Å². The zero-order valence-corrected chi connectivity index (χ0v) is 10.3. The van der Waals surface area contributed by atoms with Crippen molar-refractivity contribution in [2.75, 3.05) is 6.54 Å². The molecule has 0 bridgehead atoms. The molecule has 16 heavy (non-hydrogen) atoms. The Morgan fingerprint density at radius 2 is 1.88 bits per heavy atom. The van der Waals surface area contributed by atoms with Crippen molar-refractivity contribution >= 4 is 11.8 Å². The van der Waals surface area contributed by atoms with Crippen LogP contribution in [-0.2, 0) is 9.59 Å². The van der Waals surface area contributed by atoms with Crippen LogP contribution in [0.2, 0.25) is 0 Å². The fourth-order valence-electron chi connectivity index (χ4n) is 1.95. The monoisotopic (exact) mass is 226 g/mol. The topological polar surface area (TPSA) is 58.2 Å². The van der Waals surface area contributed by atoms with Crippen LogP contribution in [0.1, 0.15) is 52.4 Å². The first-order valence-electron chi connectivity index (χ1n) is 6.18. The lowest BCUT2D eigenvalue weighted by Crippen LogP contribution is -2.63. The van der Waals surface area contributed by atoms with Gasteiger partial charge in [0.2, 0.25) is 11.8 Å². The minimum absolute atomic E-state index is 0.181. The van der Waals surface area contributed by atoms with Crippen LogP contribution < -0.4 is 10.6 Å². The lowest BCUT2D eigenvalue weighted by atomic mass is 9.91.